The Morgan fingerprint density at radius 2 is 1.51 bits per heavy atom. The van der Waals surface area contributed by atoms with Crippen molar-refractivity contribution in [3.05, 3.63) is 90.0 Å². The minimum atomic E-state index is -1.07. The molecule has 4 atom stereocenters. The molecule has 3 rings (SSSR count). The number of benzene rings is 2. The number of hydrogen-bond donors (Lipinski definition) is 1. The Hall–Kier alpha value is -3.95. The standard InChI is InChI=1S/C34H42O9/c1-6-31(35)42-22-28(43-33(38)30-10-8-7-9-29(30)32(36)37)21-41-27(19-39-5)20-40-26-17-15-25(16-18-26)34(3,4)24-13-11-23(2)12-14-24/h6-8,11-18,27-30H,1,9-10,19-22H2,2-5H3,(H,36,37). The number of carbonyl (C=O) groups excluding carboxylic acids is 2. The van der Waals surface area contributed by atoms with E-state index >= 15 is 0 Å². The lowest BCUT2D eigenvalue weighted by molar-refractivity contribution is -0.171. The molecule has 1 aliphatic carbocycles. The van der Waals surface area contributed by atoms with Gasteiger partial charge in [-0.2, -0.15) is 0 Å². The van der Waals surface area contributed by atoms with Gasteiger partial charge in [-0.05, 0) is 43.0 Å². The van der Waals surface area contributed by atoms with Crippen molar-refractivity contribution < 1.29 is 43.2 Å². The van der Waals surface area contributed by atoms with Crippen LogP contribution in [0.3, 0.4) is 0 Å². The van der Waals surface area contributed by atoms with Crippen molar-refractivity contribution in [1.29, 1.82) is 0 Å². The maximum absolute atomic E-state index is 12.9. The maximum atomic E-state index is 12.9. The van der Waals surface area contributed by atoms with E-state index in [-0.39, 0.29) is 44.7 Å². The van der Waals surface area contributed by atoms with E-state index in [0.717, 1.165) is 11.6 Å². The molecule has 2 aromatic carbocycles. The van der Waals surface area contributed by atoms with Crippen molar-refractivity contribution in [1.82, 2.24) is 0 Å². The second kappa shape index (κ2) is 16.0. The number of esters is 2. The fourth-order valence-electron chi connectivity index (χ4n) is 4.82. The molecular weight excluding hydrogens is 552 g/mol. The molecule has 0 amide bonds. The predicted molar refractivity (Wildman–Crippen MR) is 161 cm³/mol. The quantitative estimate of drug-likeness (QED) is 0.162. The number of rotatable bonds is 16. The van der Waals surface area contributed by atoms with Crippen LogP contribution in [0.5, 0.6) is 5.75 Å². The second-order valence-corrected chi connectivity index (χ2v) is 11.1. The average Bonchev–Trinajstić information content (AvgIpc) is 3.01. The van der Waals surface area contributed by atoms with Crippen LogP contribution in [0.4, 0.5) is 0 Å². The maximum Gasteiger partial charge on any atom is 0.330 e. The summed E-state index contributed by atoms with van der Waals surface area (Å²) >= 11 is 0. The first-order chi connectivity index (χ1) is 20.5. The van der Waals surface area contributed by atoms with E-state index < -0.39 is 42.0 Å². The van der Waals surface area contributed by atoms with Gasteiger partial charge < -0.3 is 28.8 Å². The molecule has 0 aliphatic heterocycles. The molecule has 0 heterocycles. The normalized spacial score (nSPS) is 17.9. The molecular formula is C34H42O9. The van der Waals surface area contributed by atoms with Crippen LogP contribution in [0.1, 0.15) is 43.4 Å². The van der Waals surface area contributed by atoms with Crippen LogP contribution in [0.25, 0.3) is 0 Å². The predicted octanol–water partition coefficient (Wildman–Crippen LogP) is 5.04. The van der Waals surface area contributed by atoms with Crippen molar-refractivity contribution in [2.75, 3.05) is 33.5 Å². The van der Waals surface area contributed by atoms with Gasteiger partial charge in [0, 0.05) is 18.6 Å². The molecule has 1 N–H and O–H groups in total. The first-order valence-electron chi connectivity index (χ1n) is 14.3. The number of carboxylic acids is 1. The third kappa shape index (κ3) is 9.80. The van der Waals surface area contributed by atoms with Gasteiger partial charge in [-0.3, -0.25) is 9.59 Å². The summed E-state index contributed by atoms with van der Waals surface area (Å²) in [4.78, 5) is 36.3. The Morgan fingerprint density at radius 3 is 2.09 bits per heavy atom. The van der Waals surface area contributed by atoms with Crippen molar-refractivity contribution >= 4 is 17.9 Å². The lowest BCUT2D eigenvalue weighted by Crippen LogP contribution is -2.39. The number of aryl methyl sites for hydroxylation is 1. The summed E-state index contributed by atoms with van der Waals surface area (Å²) in [6, 6.07) is 16.4. The summed E-state index contributed by atoms with van der Waals surface area (Å²) < 4.78 is 27.9. The fourth-order valence-corrected chi connectivity index (χ4v) is 4.82. The second-order valence-electron chi connectivity index (χ2n) is 11.1. The highest BCUT2D eigenvalue weighted by molar-refractivity contribution is 5.82. The molecule has 0 radical (unpaired) electrons. The number of hydrogen-bond acceptors (Lipinski definition) is 8. The summed E-state index contributed by atoms with van der Waals surface area (Å²) in [5.41, 5.74) is 3.39. The molecule has 43 heavy (non-hydrogen) atoms. The van der Waals surface area contributed by atoms with E-state index in [1.54, 1.807) is 12.2 Å². The summed E-state index contributed by atoms with van der Waals surface area (Å²) in [5, 5.41) is 9.53. The zero-order valence-corrected chi connectivity index (χ0v) is 25.3. The number of methoxy groups -OCH3 is 1. The van der Waals surface area contributed by atoms with Crippen LogP contribution in [0.15, 0.2) is 73.3 Å². The number of carboxylic acid groups (broad SMARTS) is 1. The molecule has 9 heteroatoms. The van der Waals surface area contributed by atoms with Gasteiger partial charge in [-0.1, -0.05) is 74.5 Å². The van der Waals surface area contributed by atoms with Crippen molar-refractivity contribution in [3.8, 4) is 5.75 Å². The topological polar surface area (TPSA) is 118 Å². The van der Waals surface area contributed by atoms with E-state index in [1.165, 1.54) is 18.2 Å². The Labute approximate surface area is 253 Å². The van der Waals surface area contributed by atoms with Crippen molar-refractivity contribution in [2.24, 2.45) is 11.8 Å². The van der Waals surface area contributed by atoms with E-state index in [9.17, 15) is 19.5 Å². The van der Waals surface area contributed by atoms with Gasteiger partial charge in [0.1, 0.15) is 25.1 Å². The number of allylic oxidation sites excluding steroid dienone is 2. The van der Waals surface area contributed by atoms with Gasteiger partial charge in [0.15, 0.2) is 6.10 Å². The van der Waals surface area contributed by atoms with Gasteiger partial charge in [0.2, 0.25) is 0 Å². The zero-order valence-electron chi connectivity index (χ0n) is 25.3. The third-order valence-electron chi connectivity index (χ3n) is 7.57. The molecule has 0 bridgehead atoms. The first kappa shape index (κ1) is 33.6. The van der Waals surface area contributed by atoms with Gasteiger partial charge in [-0.25, -0.2) is 4.79 Å². The smallest absolute Gasteiger partial charge is 0.330 e. The molecule has 9 nitrogen and oxygen atoms in total. The minimum Gasteiger partial charge on any atom is -0.491 e. The van der Waals surface area contributed by atoms with Crippen LogP contribution in [0.2, 0.25) is 0 Å². The molecule has 0 fully saturated rings. The van der Waals surface area contributed by atoms with Crippen molar-refractivity contribution in [2.45, 2.75) is 51.2 Å². The Balaban J connectivity index is 1.61. The van der Waals surface area contributed by atoms with Crippen LogP contribution >= 0.6 is 0 Å². The van der Waals surface area contributed by atoms with Crippen LogP contribution in [-0.2, 0) is 38.7 Å². The number of ether oxygens (including phenoxy) is 5. The van der Waals surface area contributed by atoms with Crippen molar-refractivity contribution in [3.63, 3.8) is 0 Å². The third-order valence-corrected chi connectivity index (χ3v) is 7.57. The van der Waals surface area contributed by atoms with Gasteiger partial charge >= 0.3 is 17.9 Å². The lowest BCUT2D eigenvalue weighted by Gasteiger charge is -2.27. The lowest BCUT2D eigenvalue weighted by atomic mass is 9.78. The Bertz CT molecular complexity index is 1250. The summed E-state index contributed by atoms with van der Waals surface area (Å²) in [6.07, 6.45) is 3.48. The minimum absolute atomic E-state index is 0.127. The van der Waals surface area contributed by atoms with Crippen LogP contribution in [0, 0.1) is 18.8 Å². The summed E-state index contributed by atoms with van der Waals surface area (Å²) in [6.45, 7) is 9.73. The van der Waals surface area contributed by atoms with E-state index in [4.69, 9.17) is 23.7 Å². The molecule has 0 aromatic heterocycles. The highest BCUT2D eigenvalue weighted by Gasteiger charge is 2.36. The molecule has 4 unspecified atom stereocenters. The first-order valence-corrected chi connectivity index (χ1v) is 14.3. The highest BCUT2D eigenvalue weighted by Crippen LogP contribution is 2.32. The molecule has 1 aliphatic rings. The van der Waals surface area contributed by atoms with Crippen LogP contribution in [-0.4, -0.2) is 68.8 Å². The van der Waals surface area contributed by atoms with Crippen LogP contribution < -0.4 is 4.74 Å². The van der Waals surface area contributed by atoms with E-state index in [2.05, 4.69) is 51.6 Å². The molecule has 0 saturated heterocycles. The SMILES string of the molecule is C=CC(=O)OCC(COC(COC)COc1ccc(C(C)(C)c2ccc(C)cc2)cc1)OC(=O)C1CC=CCC1C(=O)O. The molecule has 232 valence electrons. The molecule has 0 spiro atoms. The molecule has 0 saturated carbocycles. The van der Waals surface area contributed by atoms with Gasteiger partial charge in [0.25, 0.3) is 0 Å². The van der Waals surface area contributed by atoms with Gasteiger partial charge in [-0.15, -0.1) is 0 Å². The van der Waals surface area contributed by atoms with E-state index in [1.807, 2.05) is 24.3 Å². The summed E-state index contributed by atoms with van der Waals surface area (Å²) in [7, 11) is 1.53. The largest absolute Gasteiger partial charge is 0.491 e. The number of aliphatic carboxylic acids is 1. The Kier molecular flexibility index (Phi) is 12.5. The van der Waals surface area contributed by atoms with Gasteiger partial charge in [0.05, 0.1) is 25.0 Å². The van der Waals surface area contributed by atoms with E-state index in [0.29, 0.717) is 5.75 Å². The fraction of sp³-hybridized carbons (Fsp3) is 0.441. The zero-order chi connectivity index (χ0) is 31.4. The monoisotopic (exact) mass is 594 g/mol. The number of carbonyl (C=O) groups is 3. The summed E-state index contributed by atoms with van der Waals surface area (Å²) in [5.74, 6) is -3.53. The Morgan fingerprint density at radius 1 is 0.907 bits per heavy atom. The average molecular weight is 595 g/mol. The highest BCUT2D eigenvalue weighted by atomic mass is 16.6. The molecule has 2 aromatic rings.